The van der Waals surface area contributed by atoms with Crippen molar-refractivity contribution < 1.29 is 0 Å². The Balaban J connectivity index is 3.60. The maximum Gasteiger partial charge on any atom is 0.00598 e. The molecule has 0 aromatic heterocycles. The molecule has 2 N–H and O–H groups in total. The fourth-order valence-electron chi connectivity index (χ4n) is 0.240. The van der Waals surface area contributed by atoms with Gasteiger partial charge in [-0.1, -0.05) is 19.1 Å². The predicted octanol–water partition coefficient (Wildman–Crippen LogP) is 1.24. The SMILES string of the molecule is CCC(C=S)=CN. The van der Waals surface area contributed by atoms with Crippen molar-refractivity contribution in [2.24, 2.45) is 5.73 Å². The zero-order chi connectivity index (χ0) is 5.70. The summed E-state index contributed by atoms with van der Waals surface area (Å²) in [5.41, 5.74) is 6.16. The van der Waals surface area contributed by atoms with Crippen molar-refractivity contribution in [2.45, 2.75) is 13.3 Å². The van der Waals surface area contributed by atoms with Gasteiger partial charge in [0, 0.05) is 5.37 Å². The summed E-state index contributed by atoms with van der Waals surface area (Å²) in [4.78, 5) is 0. The minimum absolute atomic E-state index is 0.931. The zero-order valence-electron chi connectivity index (χ0n) is 4.35. The smallest absolute Gasteiger partial charge is 0.00598 e. The molecule has 0 saturated heterocycles. The second-order valence-electron chi connectivity index (χ2n) is 1.21. The Morgan fingerprint density at radius 2 is 2.43 bits per heavy atom. The Hall–Kier alpha value is -0.370. The highest BCUT2D eigenvalue weighted by atomic mass is 32.1. The maximum atomic E-state index is 5.13. The quantitative estimate of drug-likeness (QED) is 0.433. The number of hydrogen-bond acceptors (Lipinski definition) is 2. The van der Waals surface area contributed by atoms with Gasteiger partial charge in [0.1, 0.15) is 0 Å². The van der Waals surface area contributed by atoms with Gasteiger partial charge < -0.3 is 5.73 Å². The van der Waals surface area contributed by atoms with Crippen LogP contribution in [0.1, 0.15) is 13.3 Å². The van der Waals surface area contributed by atoms with E-state index < -0.39 is 0 Å². The molecule has 0 aromatic carbocycles. The van der Waals surface area contributed by atoms with E-state index in [4.69, 9.17) is 5.73 Å². The van der Waals surface area contributed by atoms with E-state index in [1.165, 1.54) is 6.20 Å². The van der Waals surface area contributed by atoms with Crippen LogP contribution in [0.5, 0.6) is 0 Å². The standard InChI is InChI=1S/C5H9NS/c1-2-5(3-6)4-7/h3-4H,2,6H2,1H3. The van der Waals surface area contributed by atoms with E-state index in [0.29, 0.717) is 0 Å². The van der Waals surface area contributed by atoms with E-state index in [2.05, 4.69) is 12.2 Å². The van der Waals surface area contributed by atoms with Gasteiger partial charge >= 0.3 is 0 Å². The molecule has 0 saturated carbocycles. The molecule has 0 amide bonds. The first-order valence-electron chi connectivity index (χ1n) is 2.21. The molecule has 0 fully saturated rings. The highest BCUT2D eigenvalue weighted by Gasteiger charge is 1.79. The lowest BCUT2D eigenvalue weighted by molar-refractivity contribution is 1.17. The number of rotatable bonds is 2. The van der Waals surface area contributed by atoms with Gasteiger partial charge in [0.25, 0.3) is 0 Å². The summed E-state index contributed by atoms with van der Waals surface area (Å²) < 4.78 is 0. The zero-order valence-corrected chi connectivity index (χ0v) is 5.16. The lowest BCUT2D eigenvalue weighted by atomic mass is 10.3. The fraction of sp³-hybridized carbons (Fsp3) is 0.400. The first-order chi connectivity index (χ1) is 3.35. The summed E-state index contributed by atoms with van der Waals surface area (Å²) >= 11 is 4.60. The number of thiocarbonyl (C=S) groups is 1. The Bertz CT molecular complexity index is 86.1. The Morgan fingerprint density at radius 3 is 2.43 bits per heavy atom. The second-order valence-corrected chi connectivity index (χ2v) is 1.45. The summed E-state index contributed by atoms with van der Waals surface area (Å²) in [5, 5.41) is 1.60. The highest BCUT2D eigenvalue weighted by molar-refractivity contribution is 7.79. The third-order valence-corrected chi connectivity index (χ3v) is 1.08. The molecule has 0 radical (unpaired) electrons. The summed E-state index contributed by atoms with van der Waals surface area (Å²) in [6, 6.07) is 0. The minimum atomic E-state index is 0.931. The summed E-state index contributed by atoms with van der Waals surface area (Å²) in [7, 11) is 0. The molecule has 0 aromatic rings. The first kappa shape index (κ1) is 6.63. The van der Waals surface area contributed by atoms with Crippen molar-refractivity contribution in [3.63, 3.8) is 0 Å². The molecule has 0 bridgehead atoms. The van der Waals surface area contributed by atoms with Gasteiger partial charge in [-0.25, -0.2) is 0 Å². The van der Waals surface area contributed by atoms with Crippen LogP contribution < -0.4 is 5.73 Å². The predicted molar refractivity (Wildman–Crippen MR) is 36.2 cm³/mol. The number of nitrogens with two attached hydrogens (primary N) is 1. The Kier molecular flexibility index (Phi) is 3.61. The third kappa shape index (κ3) is 2.34. The molecule has 7 heavy (non-hydrogen) atoms. The van der Waals surface area contributed by atoms with Crippen LogP contribution in [0.2, 0.25) is 0 Å². The summed E-state index contributed by atoms with van der Waals surface area (Å²) in [6.07, 6.45) is 2.47. The Morgan fingerprint density at radius 1 is 1.86 bits per heavy atom. The fourth-order valence-corrected chi connectivity index (χ4v) is 0.486. The van der Waals surface area contributed by atoms with Crippen molar-refractivity contribution in [1.82, 2.24) is 0 Å². The molecular formula is C5H9NS. The normalized spacial score (nSPS) is 11.3. The molecule has 0 spiro atoms. The van der Waals surface area contributed by atoms with Crippen LogP contribution in [0.4, 0.5) is 0 Å². The van der Waals surface area contributed by atoms with E-state index in [1.807, 2.05) is 6.92 Å². The molecule has 2 heteroatoms. The first-order valence-corrected chi connectivity index (χ1v) is 2.68. The largest absolute Gasteiger partial charge is 0.404 e. The molecule has 40 valence electrons. The van der Waals surface area contributed by atoms with Gasteiger partial charge in [-0.3, -0.25) is 0 Å². The van der Waals surface area contributed by atoms with Gasteiger partial charge in [0.05, 0.1) is 0 Å². The molecule has 0 unspecified atom stereocenters. The molecule has 0 rings (SSSR count). The van der Waals surface area contributed by atoms with Gasteiger partial charge in [-0.15, -0.1) is 0 Å². The van der Waals surface area contributed by atoms with E-state index in [1.54, 1.807) is 5.37 Å². The van der Waals surface area contributed by atoms with E-state index in [-0.39, 0.29) is 0 Å². The third-order valence-electron chi connectivity index (χ3n) is 0.774. The van der Waals surface area contributed by atoms with E-state index >= 15 is 0 Å². The highest BCUT2D eigenvalue weighted by Crippen LogP contribution is 1.91. The molecular weight excluding hydrogens is 106 g/mol. The van der Waals surface area contributed by atoms with Gasteiger partial charge in [-0.2, -0.15) is 0 Å². The molecule has 0 aliphatic rings. The van der Waals surface area contributed by atoms with Gasteiger partial charge in [-0.05, 0) is 18.2 Å². The number of hydrogen-bond donors (Lipinski definition) is 1. The molecule has 1 nitrogen and oxygen atoms in total. The van der Waals surface area contributed by atoms with Crippen molar-refractivity contribution in [3.05, 3.63) is 11.8 Å². The van der Waals surface area contributed by atoms with Gasteiger partial charge in [0.15, 0.2) is 0 Å². The van der Waals surface area contributed by atoms with Crippen LogP contribution in [0, 0.1) is 0 Å². The second kappa shape index (κ2) is 3.81. The summed E-state index contributed by atoms with van der Waals surface area (Å²) in [5.74, 6) is 0. The maximum absolute atomic E-state index is 5.13. The lowest BCUT2D eigenvalue weighted by Crippen LogP contribution is -1.85. The average molecular weight is 115 g/mol. The van der Waals surface area contributed by atoms with Crippen LogP contribution in [0.3, 0.4) is 0 Å². The van der Waals surface area contributed by atoms with E-state index in [0.717, 1.165) is 12.0 Å². The monoisotopic (exact) mass is 115 g/mol. The van der Waals surface area contributed by atoms with Crippen LogP contribution in [-0.4, -0.2) is 5.37 Å². The van der Waals surface area contributed by atoms with Crippen LogP contribution in [0.15, 0.2) is 11.8 Å². The number of allylic oxidation sites excluding steroid dienone is 1. The molecule has 0 heterocycles. The van der Waals surface area contributed by atoms with Gasteiger partial charge in [0.2, 0.25) is 0 Å². The van der Waals surface area contributed by atoms with E-state index in [9.17, 15) is 0 Å². The summed E-state index contributed by atoms with van der Waals surface area (Å²) in [6.45, 7) is 2.02. The minimum Gasteiger partial charge on any atom is -0.404 e. The molecule has 0 aliphatic heterocycles. The van der Waals surface area contributed by atoms with Crippen molar-refractivity contribution in [3.8, 4) is 0 Å². The topological polar surface area (TPSA) is 26.0 Å². The van der Waals surface area contributed by atoms with Crippen LogP contribution in [-0.2, 0) is 0 Å². The Labute approximate surface area is 49.2 Å². The van der Waals surface area contributed by atoms with Crippen molar-refractivity contribution in [2.75, 3.05) is 0 Å². The lowest BCUT2D eigenvalue weighted by Gasteiger charge is -1.86. The molecule has 0 atom stereocenters. The average Bonchev–Trinajstić information content (AvgIpc) is 1.72. The van der Waals surface area contributed by atoms with Crippen molar-refractivity contribution in [1.29, 1.82) is 0 Å². The molecule has 0 aliphatic carbocycles. The van der Waals surface area contributed by atoms with Crippen molar-refractivity contribution >= 4 is 17.6 Å². The van der Waals surface area contributed by atoms with Crippen LogP contribution >= 0.6 is 12.2 Å². The van der Waals surface area contributed by atoms with Crippen LogP contribution in [0.25, 0.3) is 0 Å².